The number of ketones is 1. The Balaban J connectivity index is 1.45. The number of benzene rings is 4. The van der Waals surface area contributed by atoms with Gasteiger partial charge in [0.2, 0.25) is 0 Å². The molecule has 0 aromatic heterocycles. The van der Waals surface area contributed by atoms with Gasteiger partial charge >= 0.3 is 0 Å². The van der Waals surface area contributed by atoms with E-state index in [0.717, 1.165) is 4.90 Å². The van der Waals surface area contributed by atoms with Crippen molar-refractivity contribution in [1.29, 1.82) is 0 Å². The Kier molecular flexibility index (Phi) is 9.85. The molecule has 8 heteroatoms. The van der Waals surface area contributed by atoms with E-state index in [2.05, 4.69) is 10.6 Å². The molecule has 4 aromatic carbocycles. The predicted octanol–water partition coefficient (Wildman–Crippen LogP) is 6.61. The van der Waals surface area contributed by atoms with E-state index in [1.807, 2.05) is 13.0 Å². The summed E-state index contributed by atoms with van der Waals surface area (Å²) >= 11 is 1.35. The van der Waals surface area contributed by atoms with Crippen molar-refractivity contribution in [3.05, 3.63) is 131 Å². The molecule has 2 amide bonds. The normalized spacial score (nSPS) is 11.0. The lowest BCUT2D eigenvalue weighted by Crippen LogP contribution is -2.30. The number of carbonyl (C=O) groups excluding carboxylic acids is 3. The van der Waals surface area contributed by atoms with Gasteiger partial charge in [0, 0.05) is 21.7 Å². The molecule has 0 aliphatic rings. The lowest BCUT2D eigenvalue weighted by Gasteiger charge is -2.12. The zero-order chi connectivity index (χ0) is 28.3. The highest BCUT2D eigenvalue weighted by molar-refractivity contribution is 8.00. The molecule has 0 bridgehead atoms. The summed E-state index contributed by atoms with van der Waals surface area (Å²) in [6, 6.07) is 28.2. The fraction of sp³-hybridized carbons (Fsp3) is 0.0938. The number of amides is 2. The van der Waals surface area contributed by atoms with Gasteiger partial charge in [-0.05, 0) is 85.3 Å². The molecular weight excluding hydrogens is 527 g/mol. The number of nitrogens with one attached hydrogen (secondary N) is 2. The van der Waals surface area contributed by atoms with Crippen LogP contribution in [-0.2, 0) is 4.79 Å². The minimum Gasteiger partial charge on any atom is -0.494 e. The van der Waals surface area contributed by atoms with Gasteiger partial charge in [0.05, 0.1) is 12.4 Å². The first-order valence-corrected chi connectivity index (χ1v) is 13.5. The van der Waals surface area contributed by atoms with Gasteiger partial charge in [0.15, 0.2) is 5.78 Å². The highest BCUT2D eigenvalue weighted by atomic mass is 32.2. The van der Waals surface area contributed by atoms with Gasteiger partial charge in [-0.3, -0.25) is 14.4 Å². The van der Waals surface area contributed by atoms with Crippen LogP contribution in [0.2, 0.25) is 0 Å². The molecule has 0 heterocycles. The topological polar surface area (TPSA) is 84.5 Å². The van der Waals surface area contributed by atoms with Crippen LogP contribution in [0.4, 0.5) is 10.1 Å². The van der Waals surface area contributed by atoms with Crippen LogP contribution >= 0.6 is 11.8 Å². The van der Waals surface area contributed by atoms with Crippen LogP contribution in [-0.4, -0.2) is 30.0 Å². The predicted molar refractivity (Wildman–Crippen MR) is 156 cm³/mol. The van der Waals surface area contributed by atoms with Crippen molar-refractivity contribution in [2.75, 3.05) is 17.7 Å². The third-order valence-corrected chi connectivity index (χ3v) is 6.65. The van der Waals surface area contributed by atoms with Crippen LogP contribution < -0.4 is 15.4 Å². The van der Waals surface area contributed by atoms with E-state index in [1.165, 1.54) is 42.1 Å². The number of rotatable bonds is 11. The van der Waals surface area contributed by atoms with Crippen molar-refractivity contribution in [2.45, 2.75) is 11.8 Å². The fourth-order valence-corrected chi connectivity index (χ4v) is 4.52. The molecule has 40 heavy (non-hydrogen) atoms. The van der Waals surface area contributed by atoms with E-state index in [1.54, 1.807) is 72.8 Å². The number of anilines is 1. The summed E-state index contributed by atoms with van der Waals surface area (Å²) in [6.07, 6.45) is 1.48. The van der Waals surface area contributed by atoms with E-state index < -0.39 is 17.6 Å². The maximum absolute atomic E-state index is 13.4. The van der Waals surface area contributed by atoms with Crippen LogP contribution in [0.5, 0.6) is 5.75 Å². The summed E-state index contributed by atoms with van der Waals surface area (Å²) < 4.78 is 18.8. The zero-order valence-electron chi connectivity index (χ0n) is 21.7. The van der Waals surface area contributed by atoms with Gasteiger partial charge in [-0.25, -0.2) is 4.39 Å². The van der Waals surface area contributed by atoms with Crippen molar-refractivity contribution in [3.8, 4) is 5.75 Å². The molecule has 0 aliphatic heterocycles. The largest absolute Gasteiger partial charge is 0.494 e. The second kappa shape index (κ2) is 13.9. The summed E-state index contributed by atoms with van der Waals surface area (Å²) in [5.74, 6) is -0.526. The monoisotopic (exact) mass is 554 g/mol. The Labute approximate surface area is 236 Å². The quantitative estimate of drug-likeness (QED) is 0.124. The van der Waals surface area contributed by atoms with E-state index in [4.69, 9.17) is 4.74 Å². The molecule has 0 atom stereocenters. The molecule has 4 aromatic rings. The third-order valence-electron chi connectivity index (χ3n) is 5.66. The van der Waals surface area contributed by atoms with E-state index in [0.29, 0.717) is 34.7 Å². The van der Waals surface area contributed by atoms with Crippen molar-refractivity contribution in [2.24, 2.45) is 0 Å². The van der Waals surface area contributed by atoms with Gasteiger partial charge < -0.3 is 15.4 Å². The summed E-state index contributed by atoms with van der Waals surface area (Å²) in [6.45, 7) is 2.45. The van der Waals surface area contributed by atoms with Crippen LogP contribution in [0, 0.1) is 5.82 Å². The van der Waals surface area contributed by atoms with Crippen molar-refractivity contribution < 1.29 is 23.5 Å². The van der Waals surface area contributed by atoms with Gasteiger partial charge in [-0.1, -0.05) is 36.4 Å². The Hall–Kier alpha value is -4.69. The number of ether oxygens (including phenoxy) is 1. The molecule has 4 rings (SSSR count). The van der Waals surface area contributed by atoms with Crippen LogP contribution in [0.15, 0.2) is 114 Å². The Bertz CT molecular complexity index is 1500. The van der Waals surface area contributed by atoms with E-state index >= 15 is 0 Å². The first kappa shape index (κ1) is 28.3. The van der Waals surface area contributed by atoms with Crippen LogP contribution in [0.3, 0.4) is 0 Å². The van der Waals surface area contributed by atoms with Gasteiger partial charge in [-0.15, -0.1) is 11.8 Å². The lowest BCUT2D eigenvalue weighted by atomic mass is 10.1. The van der Waals surface area contributed by atoms with Crippen molar-refractivity contribution >= 4 is 41.1 Å². The minimum atomic E-state index is -0.554. The summed E-state index contributed by atoms with van der Waals surface area (Å²) in [4.78, 5) is 39.5. The first-order chi connectivity index (χ1) is 19.4. The molecule has 0 saturated carbocycles. The number of Topliss-reactive ketones (excluding diaryl/α,β-unsaturated/α-hetero) is 1. The molecule has 0 fully saturated rings. The number of carbonyl (C=O) groups is 3. The number of hydrogen-bond donors (Lipinski definition) is 2. The highest BCUT2D eigenvalue weighted by Crippen LogP contribution is 2.24. The Morgan fingerprint density at radius 1 is 0.850 bits per heavy atom. The Morgan fingerprint density at radius 3 is 2.27 bits per heavy atom. The molecule has 0 spiro atoms. The second-order valence-corrected chi connectivity index (χ2v) is 9.63. The molecule has 0 unspecified atom stereocenters. The molecular formula is C32H27FN2O4S. The van der Waals surface area contributed by atoms with Crippen molar-refractivity contribution in [3.63, 3.8) is 0 Å². The van der Waals surface area contributed by atoms with Gasteiger partial charge in [0.25, 0.3) is 11.8 Å². The highest BCUT2D eigenvalue weighted by Gasteiger charge is 2.16. The molecule has 0 aliphatic carbocycles. The number of thioether (sulfide) groups is 1. The average Bonchev–Trinajstić information content (AvgIpc) is 2.98. The third kappa shape index (κ3) is 8.15. The smallest absolute Gasteiger partial charge is 0.272 e. The fourth-order valence-electron chi connectivity index (χ4n) is 3.67. The molecule has 0 radical (unpaired) electrons. The lowest BCUT2D eigenvalue weighted by molar-refractivity contribution is -0.113. The number of halogens is 1. The summed E-state index contributed by atoms with van der Waals surface area (Å²) in [5, 5.41) is 5.46. The van der Waals surface area contributed by atoms with Gasteiger partial charge in [0.1, 0.15) is 17.3 Å². The van der Waals surface area contributed by atoms with E-state index in [-0.39, 0.29) is 17.2 Å². The molecule has 202 valence electrons. The SMILES string of the molecule is CCOc1ccc(C(=O)CSc2cccc(NC(=O)/C(=C/c3ccc(F)cc3)NC(=O)c3ccccc3)c2)cc1. The first-order valence-electron chi connectivity index (χ1n) is 12.5. The molecule has 0 saturated heterocycles. The van der Waals surface area contributed by atoms with E-state index in [9.17, 15) is 18.8 Å². The minimum absolute atomic E-state index is 0.0100. The molecule has 2 N–H and O–H groups in total. The van der Waals surface area contributed by atoms with Crippen LogP contribution in [0.1, 0.15) is 33.2 Å². The zero-order valence-corrected chi connectivity index (χ0v) is 22.5. The second-order valence-electron chi connectivity index (χ2n) is 8.58. The van der Waals surface area contributed by atoms with Gasteiger partial charge in [-0.2, -0.15) is 0 Å². The van der Waals surface area contributed by atoms with Crippen LogP contribution in [0.25, 0.3) is 6.08 Å². The summed E-state index contributed by atoms with van der Waals surface area (Å²) in [5.41, 5.74) is 1.99. The maximum Gasteiger partial charge on any atom is 0.272 e. The summed E-state index contributed by atoms with van der Waals surface area (Å²) in [7, 11) is 0. The number of hydrogen-bond acceptors (Lipinski definition) is 5. The Morgan fingerprint density at radius 2 is 1.57 bits per heavy atom. The molecule has 6 nitrogen and oxygen atoms in total. The standard InChI is InChI=1S/C32H27FN2O4S/c1-2-39-27-17-13-23(14-18-27)30(36)21-40-28-10-6-9-26(20-28)34-32(38)29(19-22-11-15-25(33)16-12-22)35-31(37)24-7-4-3-5-8-24/h3-20H,2,21H2,1H3,(H,34,38)(H,35,37)/b29-19-. The van der Waals surface area contributed by atoms with Crippen molar-refractivity contribution in [1.82, 2.24) is 5.32 Å². The maximum atomic E-state index is 13.4. The average molecular weight is 555 g/mol.